The van der Waals surface area contributed by atoms with Gasteiger partial charge in [0.2, 0.25) is 5.91 Å². The average Bonchev–Trinajstić information content (AvgIpc) is 3.08. The minimum absolute atomic E-state index is 0.120. The summed E-state index contributed by atoms with van der Waals surface area (Å²) in [5.41, 5.74) is 1.11. The van der Waals surface area contributed by atoms with Crippen LogP contribution in [-0.2, 0) is 11.3 Å². The highest BCUT2D eigenvalue weighted by Gasteiger charge is 2.16. The molecule has 1 fully saturated rings. The molecule has 0 heterocycles. The summed E-state index contributed by atoms with van der Waals surface area (Å²) in [5.74, 6) is 0.915. The number of hydrogen-bond donors (Lipinski definition) is 2. The van der Waals surface area contributed by atoms with Crippen LogP contribution in [0.2, 0.25) is 0 Å². The smallest absolute Gasteiger partial charge is 0.224 e. The van der Waals surface area contributed by atoms with Gasteiger partial charge in [0, 0.05) is 44.1 Å². The van der Waals surface area contributed by atoms with Crippen molar-refractivity contribution in [1.82, 2.24) is 15.5 Å². The van der Waals surface area contributed by atoms with Gasteiger partial charge in [-0.15, -0.1) is 0 Å². The van der Waals surface area contributed by atoms with Gasteiger partial charge in [-0.25, -0.2) is 0 Å². The number of hydrogen-bond acceptors (Lipinski definition) is 2. The van der Waals surface area contributed by atoms with E-state index in [9.17, 15) is 4.79 Å². The van der Waals surface area contributed by atoms with Gasteiger partial charge in [0.25, 0.3) is 0 Å². The molecule has 0 aromatic heterocycles. The van der Waals surface area contributed by atoms with Gasteiger partial charge in [-0.3, -0.25) is 9.79 Å². The Hall–Kier alpha value is -1.56. The van der Waals surface area contributed by atoms with Crippen LogP contribution in [0.15, 0.2) is 33.7 Å². The summed E-state index contributed by atoms with van der Waals surface area (Å²) in [6, 6.07) is 8.50. The lowest BCUT2D eigenvalue weighted by molar-refractivity contribution is -0.130. The molecule has 0 spiro atoms. The Labute approximate surface area is 153 Å². The van der Waals surface area contributed by atoms with E-state index in [1.807, 2.05) is 31.3 Å². The van der Waals surface area contributed by atoms with Crippen LogP contribution in [0.25, 0.3) is 0 Å². The topological polar surface area (TPSA) is 56.7 Å². The first kappa shape index (κ1) is 18.8. The predicted octanol–water partition coefficient (Wildman–Crippen LogP) is 2.91. The molecule has 1 aromatic carbocycles. The van der Waals surface area contributed by atoms with Crippen molar-refractivity contribution in [3.8, 4) is 0 Å². The summed E-state index contributed by atoms with van der Waals surface area (Å²) >= 11 is 3.52. The van der Waals surface area contributed by atoms with Crippen molar-refractivity contribution in [2.45, 2.75) is 44.7 Å². The number of aliphatic imine (C=N–C) groups is 1. The Morgan fingerprint density at radius 3 is 2.71 bits per heavy atom. The van der Waals surface area contributed by atoms with Gasteiger partial charge in [-0.2, -0.15) is 0 Å². The summed E-state index contributed by atoms with van der Waals surface area (Å²) in [7, 11) is 3.61. The van der Waals surface area contributed by atoms with E-state index in [2.05, 4.69) is 31.6 Å². The van der Waals surface area contributed by atoms with Crippen LogP contribution in [0, 0.1) is 0 Å². The van der Waals surface area contributed by atoms with E-state index in [0.29, 0.717) is 25.6 Å². The maximum Gasteiger partial charge on any atom is 0.224 e. The Balaban J connectivity index is 1.72. The first-order valence-corrected chi connectivity index (χ1v) is 9.34. The molecule has 1 saturated carbocycles. The molecule has 0 unspecified atom stereocenters. The molecular formula is C18H27BrN4O. The first-order chi connectivity index (χ1) is 11.6. The molecule has 5 nitrogen and oxygen atoms in total. The lowest BCUT2D eigenvalue weighted by Crippen LogP contribution is -2.43. The van der Waals surface area contributed by atoms with E-state index >= 15 is 0 Å². The summed E-state index contributed by atoms with van der Waals surface area (Å²) in [4.78, 5) is 18.3. The molecule has 0 radical (unpaired) electrons. The van der Waals surface area contributed by atoms with Crippen LogP contribution < -0.4 is 10.6 Å². The van der Waals surface area contributed by atoms with Crippen molar-refractivity contribution in [2.75, 3.05) is 20.6 Å². The Bertz CT molecular complexity index is 570. The molecule has 1 aliphatic carbocycles. The molecule has 24 heavy (non-hydrogen) atoms. The molecule has 2 rings (SSSR count). The Kier molecular flexibility index (Phi) is 7.56. The molecule has 1 aromatic rings. The van der Waals surface area contributed by atoms with Gasteiger partial charge in [-0.05, 0) is 24.5 Å². The fourth-order valence-corrected chi connectivity index (χ4v) is 3.32. The molecular weight excluding hydrogens is 368 g/mol. The highest BCUT2D eigenvalue weighted by atomic mass is 79.9. The summed E-state index contributed by atoms with van der Waals surface area (Å²) in [6.07, 6.45) is 5.43. The number of benzene rings is 1. The highest BCUT2D eigenvalue weighted by molar-refractivity contribution is 9.10. The van der Waals surface area contributed by atoms with Crippen LogP contribution in [-0.4, -0.2) is 43.4 Å². The fraction of sp³-hybridized carbons (Fsp3) is 0.556. The normalized spacial score (nSPS) is 15.4. The average molecular weight is 395 g/mol. The van der Waals surface area contributed by atoms with E-state index < -0.39 is 0 Å². The molecule has 1 amide bonds. The third-order valence-electron chi connectivity index (χ3n) is 4.34. The third kappa shape index (κ3) is 5.82. The molecule has 0 atom stereocenters. The van der Waals surface area contributed by atoms with Crippen molar-refractivity contribution in [2.24, 2.45) is 4.99 Å². The van der Waals surface area contributed by atoms with Gasteiger partial charge in [0.15, 0.2) is 5.96 Å². The Morgan fingerprint density at radius 1 is 1.33 bits per heavy atom. The second-order valence-electron chi connectivity index (χ2n) is 6.22. The third-order valence-corrected chi connectivity index (χ3v) is 5.12. The molecule has 132 valence electrons. The number of halogens is 1. The van der Waals surface area contributed by atoms with Crippen LogP contribution in [0.1, 0.15) is 37.7 Å². The summed E-state index contributed by atoms with van der Waals surface area (Å²) in [5, 5.41) is 6.66. The maximum absolute atomic E-state index is 12.3. The lowest BCUT2D eigenvalue weighted by Gasteiger charge is -2.20. The molecule has 0 aliphatic heterocycles. The minimum atomic E-state index is 0.120. The molecule has 1 aliphatic rings. The van der Waals surface area contributed by atoms with E-state index in [1.165, 1.54) is 25.7 Å². The van der Waals surface area contributed by atoms with E-state index in [0.717, 1.165) is 16.0 Å². The van der Waals surface area contributed by atoms with Crippen molar-refractivity contribution < 1.29 is 4.79 Å². The monoisotopic (exact) mass is 394 g/mol. The fourth-order valence-electron chi connectivity index (χ4n) is 2.91. The van der Waals surface area contributed by atoms with Gasteiger partial charge in [-0.1, -0.05) is 47.0 Å². The van der Waals surface area contributed by atoms with E-state index in [-0.39, 0.29) is 5.91 Å². The van der Waals surface area contributed by atoms with Crippen molar-refractivity contribution in [1.29, 1.82) is 0 Å². The number of amides is 1. The number of nitrogens with zero attached hydrogens (tertiary/aromatic N) is 2. The molecule has 6 heteroatoms. The predicted molar refractivity (Wildman–Crippen MR) is 102 cm³/mol. The second-order valence-corrected chi connectivity index (χ2v) is 7.07. The van der Waals surface area contributed by atoms with Crippen LogP contribution in [0.3, 0.4) is 0 Å². The standard InChI is InChI=1S/C18H27BrN4O/c1-20-18(22-15-8-4-5-9-15)21-12-11-17(24)23(2)13-14-7-3-6-10-16(14)19/h3,6-7,10,15H,4-5,8-9,11-13H2,1-2H3,(H2,20,21,22). The minimum Gasteiger partial charge on any atom is -0.356 e. The van der Waals surface area contributed by atoms with Gasteiger partial charge >= 0.3 is 0 Å². The maximum atomic E-state index is 12.3. The van der Waals surface area contributed by atoms with Crippen molar-refractivity contribution in [3.63, 3.8) is 0 Å². The van der Waals surface area contributed by atoms with Crippen LogP contribution in [0.4, 0.5) is 0 Å². The largest absolute Gasteiger partial charge is 0.356 e. The van der Waals surface area contributed by atoms with Gasteiger partial charge in [0.05, 0.1) is 0 Å². The second kappa shape index (κ2) is 9.67. The molecule has 0 bridgehead atoms. The summed E-state index contributed by atoms with van der Waals surface area (Å²) < 4.78 is 1.03. The quantitative estimate of drug-likeness (QED) is 0.575. The zero-order chi connectivity index (χ0) is 17.4. The van der Waals surface area contributed by atoms with Crippen molar-refractivity contribution in [3.05, 3.63) is 34.3 Å². The number of carbonyl (C=O) groups excluding carboxylic acids is 1. The number of carbonyl (C=O) groups is 1. The highest BCUT2D eigenvalue weighted by Crippen LogP contribution is 2.18. The molecule has 2 N–H and O–H groups in total. The zero-order valence-corrected chi connectivity index (χ0v) is 16.1. The number of rotatable bonds is 6. The van der Waals surface area contributed by atoms with Crippen LogP contribution >= 0.6 is 15.9 Å². The van der Waals surface area contributed by atoms with Crippen molar-refractivity contribution >= 4 is 27.8 Å². The van der Waals surface area contributed by atoms with E-state index in [1.54, 1.807) is 11.9 Å². The lowest BCUT2D eigenvalue weighted by atomic mass is 10.2. The van der Waals surface area contributed by atoms with Gasteiger partial charge < -0.3 is 15.5 Å². The number of nitrogens with one attached hydrogen (secondary N) is 2. The summed E-state index contributed by atoms with van der Waals surface area (Å²) in [6.45, 7) is 1.20. The Morgan fingerprint density at radius 2 is 2.04 bits per heavy atom. The van der Waals surface area contributed by atoms with Crippen LogP contribution in [0.5, 0.6) is 0 Å². The van der Waals surface area contributed by atoms with Gasteiger partial charge in [0.1, 0.15) is 0 Å². The first-order valence-electron chi connectivity index (χ1n) is 8.54. The van der Waals surface area contributed by atoms with E-state index in [4.69, 9.17) is 0 Å². The zero-order valence-electron chi connectivity index (χ0n) is 14.5. The SMILES string of the molecule is CN=C(NCCC(=O)N(C)Cc1ccccc1Br)NC1CCCC1. The number of guanidine groups is 1. The molecule has 0 saturated heterocycles.